The molecule has 1 aliphatic rings. The minimum absolute atomic E-state index is 0.0325. The van der Waals surface area contributed by atoms with Crippen LogP contribution >= 0.6 is 11.3 Å². The van der Waals surface area contributed by atoms with Gasteiger partial charge in [-0.3, -0.25) is 4.31 Å². The van der Waals surface area contributed by atoms with Crippen LogP contribution in [-0.4, -0.2) is 39.8 Å². The molecule has 8 heteroatoms. The smallest absolute Gasteiger partial charge is 0.236 e. The number of anilines is 1. The lowest BCUT2D eigenvalue weighted by Crippen LogP contribution is -2.42. The van der Waals surface area contributed by atoms with E-state index < -0.39 is 10.0 Å². The molecule has 1 aromatic heterocycles. The van der Waals surface area contributed by atoms with E-state index in [9.17, 15) is 8.42 Å². The van der Waals surface area contributed by atoms with Gasteiger partial charge in [-0.05, 0) is 36.4 Å². The molecule has 0 radical (unpaired) electrons. The molecule has 26 heavy (non-hydrogen) atoms. The van der Waals surface area contributed by atoms with Crippen molar-refractivity contribution in [2.24, 2.45) is 4.99 Å². The van der Waals surface area contributed by atoms with E-state index in [1.165, 1.54) is 9.18 Å². The standard InChI is InChI=1S/C18H24N4O2S2/c1-2-19-18(21-14-16-7-5-12-25-16)20-10-13-26(23,24)22-11-9-15-6-3-4-8-17(15)22/h3-8,12H,2,9-11,13-14H2,1H3,(H2,19,20,21). The Morgan fingerprint density at radius 3 is 2.85 bits per heavy atom. The van der Waals surface area contributed by atoms with Gasteiger partial charge < -0.3 is 10.6 Å². The van der Waals surface area contributed by atoms with Crippen LogP contribution < -0.4 is 14.9 Å². The molecule has 0 bridgehead atoms. The Bertz CT molecular complexity index is 848. The molecule has 2 heterocycles. The van der Waals surface area contributed by atoms with Crippen LogP contribution in [0.3, 0.4) is 0 Å². The van der Waals surface area contributed by atoms with Crippen molar-refractivity contribution >= 4 is 33.0 Å². The van der Waals surface area contributed by atoms with Crippen molar-refractivity contribution in [3.8, 4) is 0 Å². The van der Waals surface area contributed by atoms with Crippen molar-refractivity contribution in [1.29, 1.82) is 0 Å². The summed E-state index contributed by atoms with van der Waals surface area (Å²) >= 11 is 1.66. The van der Waals surface area contributed by atoms with Gasteiger partial charge in [-0.1, -0.05) is 24.3 Å². The molecule has 0 aliphatic carbocycles. The van der Waals surface area contributed by atoms with Crippen LogP contribution in [0.15, 0.2) is 46.8 Å². The van der Waals surface area contributed by atoms with Crippen molar-refractivity contribution in [3.05, 3.63) is 52.2 Å². The maximum Gasteiger partial charge on any atom is 0.236 e. The van der Waals surface area contributed by atoms with Gasteiger partial charge in [-0.15, -0.1) is 11.3 Å². The molecule has 140 valence electrons. The van der Waals surface area contributed by atoms with Crippen LogP contribution in [0, 0.1) is 0 Å². The fourth-order valence-corrected chi connectivity index (χ4v) is 4.96. The van der Waals surface area contributed by atoms with E-state index in [4.69, 9.17) is 0 Å². The molecule has 2 aromatic rings. The van der Waals surface area contributed by atoms with E-state index in [-0.39, 0.29) is 5.75 Å². The summed E-state index contributed by atoms with van der Waals surface area (Å²) in [6.07, 6.45) is 0.772. The monoisotopic (exact) mass is 392 g/mol. The third-order valence-corrected chi connectivity index (χ3v) is 6.78. The number of para-hydroxylation sites is 1. The maximum atomic E-state index is 12.7. The SMILES string of the molecule is CCNC(=NCc1cccs1)NCCS(=O)(=O)N1CCc2ccccc21. The summed E-state index contributed by atoms with van der Waals surface area (Å²) in [5.74, 6) is 0.669. The van der Waals surface area contributed by atoms with Crippen molar-refractivity contribution in [1.82, 2.24) is 10.6 Å². The lowest BCUT2D eigenvalue weighted by molar-refractivity contribution is 0.591. The average Bonchev–Trinajstić information content (AvgIpc) is 3.29. The summed E-state index contributed by atoms with van der Waals surface area (Å²) < 4.78 is 26.9. The Labute approximate surface area is 159 Å². The van der Waals surface area contributed by atoms with Gasteiger partial charge in [0.1, 0.15) is 0 Å². The molecule has 0 fully saturated rings. The summed E-state index contributed by atoms with van der Waals surface area (Å²) in [7, 11) is -3.35. The highest BCUT2D eigenvalue weighted by Gasteiger charge is 2.28. The largest absolute Gasteiger partial charge is 0.357 e. The Balaban J connectivity index is 1.57. The number of nitrogens with zero attached hydrogens (tertiary/aromatic N) is 2. The van der Waals surface area contributed by atoms with Crippen molar-refractivity contribution in [2.45, 2.75) is 19.9 Å². The Hall–Kier alpha value is -2.06. The summed E-state index contributed by atoms with van der Waals surface area (Å²) in [5, 5.41) is 8.30. The summed E-state index contributed by atoms with van der Waals surface area (Å²) in [4.78, 5) is 5.68. The minimum atomic E-state index is -3.35. The second-order valence-corrected chi connectivity index (χ2v) is 9.01. The molecule has 0 saturated heterocycles. The number of hydrogen-bond donors (Lipinski definition) is 2. The number of nitrogens with one attached hydrogen (secondary N) is 2. The van der Waals surface area contributed by atoms with Crippen molar-refractivity contribution < 1.29 is 8.42 Å². The Kier molecular flexibility index (Phi) is 6.16. The first kappa shape index (κ1) is 18.7. The van der Waals surface area contributed by atoms with Crippen molar-refractivity contribution in [3.63, 3.8) is 0 Å². The number of sulfonamides is 1. The van der Waals surface area contributed by atoms with E-state index in [1.807, 2.05) is 48.7 Å². The molecular formula is C18H24N4O2S2. The average molecular weight is 393 g/mol. The van der Waals surface area contributed by atoms with Crippen LogP contribution in [0.25, 0.3) is 0 Å². The second kappa shape index (κ2) is 8.55. The number of guanidine groups is 1. The summed E-state index contributed by atoms with van der Waals surface area (Å²) in [6.45, 7) is 4.13. The van der Waals surface area contributed by atoms with Crippen LogP contribution in [0.1, 0.15) is 17.4 Å². The fourth-order valence-electron chi connectivity index (χ4n) is 2.91. The zero-order valence-electron chi connectivity index (χ0n) is 14.8. The van der Waals surface area contributed by atoms with Gasteiger partial charge in [0.25, 0.3) is 0 Å². The second-order valence-electron chi connectivity index (χ2n) is 5.97. The zero-order chi connectivity index (χ0) is 18.4. The van der Waals surface area contributed by atoms with E-state index in [0.717, 1.165) is 24.2 Å². The van der Waals surface area contributed by atoms with Gasteiger partial charge in [-0.2, -0.15) is 0 Å². The van der Waals surface area contributed by atoms with Crippen LogP contribution in [-0.2, 0) is 23.0 Å². The molecular weight excluding hydrogens is 368 g/mol. The first-order chi connectivity index (χ1) is 12.6. The third-order valence-electron chi connectivity index (χ3n) is 4.15. The maximum absolute atomic E-state index is 12.7. The van der Waals surface area contributed by atoms with E-state index in [2.05, 4.69) is 15.6 Å². The van der Waals surface area contributed by atoms with E-state index in [1.54, 1.807) is 11.3 Å². The Morgan fingerprint density at radius 1 is 1.23 bits per heavy atom. The number of hydrogen-bond acceptors (Lipinski definition) is 4. The predicted octanol–water partition coefficient (Wildman–Crippen LogP) is 2.20. The van der Waals surface area contributed by atoms with E-state index in [0.29, 0.717) is 25.6 Å². The van der Waals surface area contributed by atoms with E-state index >= 15 is 0 Å². The van der Waals surface area contributed by atoms with Gasteiger partial charge in [0.15, 0.2) is 5.96 Å². The first-order valence-corrected chi connectivity index (χ1v) is 11.2. The fraction of sp³-hybridized carbons (Fsp3) is 0.389. The highest BCUT2D eigenvalue weighted by atomic mass is 32.2. The minimum Gasteiger partial charge on any atom is -0.357 e. The van der Waals surface area contributed by atoms with Gasteiger partial charge in [-0.25, -0.2) is 13.4 Å². The van der Waals surface area contributed by atoms with Gasteiger partial charge in [0.05, 0.1) is 18.0 Å². The van der Waals surface area contributed by atoms with Crippen molar-refractivity contribution in [2.75, 3.05) is 29.7 Å². The zero-order valence-corrected chi connectivity index (χ0v) is 16.4. The van der Waals surface area contributed by atoms with Crippen LogP contribution in [0.4, 0.5) is 5.69 Å². The molecule has 0 amide bonds. The highest BCUT2D eigenvalue weighted by molar-refractivity contribution is 7.92. The molecule has 0 spiro atoms. The third kappa shape index (κ3) is 4.56. The number of aliphatic imine (C=N–C) groups is 1. The highest BCUT2D eigenvalue weighted by Crippen LogP contribution is 2.29. The van der Waals surface area contributed by atoms with Gasteiger partial charge in [0, 0.05) is 24.5 Å². The van der Waals surface area contributed by atoms with Crippen LogP contribution in [0.2, 0.25) is 0 Å². The molecule has 0 atom stereocenters. The first-order valence-electron chi connectivity index (χ1n) is 8.73. The quantitative estimate of drug-likeness (QED) is 0.560. The topological polar surface area (TPSA) is 73.8 Å². The molecule has 1 aromatic carbocycles. The molecule has 1 aliphatic heterocycles. The number of fused-ring (bicyclic) bond motifs is 1. The lowest BCUT2D eigenvalue weighted by atomic mass is 10.2. The Morgan fingerprint density at radius 2 is 2.08 bits per heavy atom. The van der Waals surface area contributed by atoms with Gasteiger partial charge >= 0.3 is 0 Å². The molecule has 3 rings (SSSR count). The predicted molar refractivity (Wildman–Crippen MR) is 108 cm³/mol. The number of benzene rings is 1. The molecule has 6 nitrogen and oxygen atoms in total. The molecule has 0 saturated carbocycles. The number of rotatable bonds is 7. The number of thiophene rings is 1. The molecule has 2 N–H and O–H groups in total. The van der Waals surface area contributed by atoms with Crippen LogP contribution in [0.5, 0.6) is 0 Å². The normalized spacial score (nSPS) is 14.3. The summed E-state index contributed by atoms with van der Waals surface area (Å²) in [5.41, 5.74) is 1.90. The summed E-state index contributed by atoms with van der Waals surface area (Å²) in [6, 6.07) is 11.7. The van der Waals surface area contributed by atoms with Gasteiger partial charge in [0.2, 0.25) is 10.0 Å². The molecule has 0 unspecified atom stereocenters. The lowest BCUT2D eigenvalue weighted by Gasteiger charge is -2.20.